The third kappa shape index (κ3) is 2.30. The minimum atomic E-state index is -0.701. The number of rotatable bonds is 2. The second kappa shape index (κ2) is 5.18. The number of fused-ring (bicyclic) bond motifs is 1. The summed E-state index contributed by atoms with van der Waals surface area (Å²) in [7, 11) is 1.37. The Morgan fingerprint density at radius 3 is 2.81 bits per heavy atom. The van der Waals surface area contributed by atoms with E-state index in [4.69, 9.17) is 14.2 Å². The molecule has 3 rings (SSSR count). The van der Waals surface area contributed by atoms with Crippen molar-refractivity contribution in [2.75, 3.05) is 20.2 Å². The molecule has 0 spiro atoms. The average molecular weight is 356 g/mol. The van der Waals surface area contributed by atoms with Crippen molar-refractivity contribution in [1.29, 1.82) is 0 Å². The minimum Gasteiger partial charge on any atom is -0.465 e. The molecule has 0 aliphatic carbocycles. The molecule has 2 aliphatic rings. The lowest BCUT2D eigenvalue weighted by Crippen LogP contribution is -2.44. The van der Waals surface area contributed by atoms with Gasteiger partial charge in [-0.15, -0.1) is 0 Å². The van der Waals surface area contributed by atoms with E-state index in [9.17, 15) is 4.79 Å². The van der Waals surface area contributed by atoms with Crippen molar-refractivity contribution in [3.63, 3.8) is 0 Å². The van der Waals surface area contributed by atoms with E-state index in [0.29, 0.717) is 21.5 Å². The van der Waals surface area contributed by atoms with Gasteiger partial charge in [0.05, 0.1) is 17.1 Å². The van der Waals surface area contributed by atoms with Crippen LogP contribution in [0.2, 0.25) is 0 Å². The molecule has 0 radical (unpaired) electrons. The number of esters is 1. The topological polar surface area (TPSA) is 56.8 Å². The molecular weight excluding hydrogens is 338 g/mol. The molecule has 1 fully saturated rings. The van der Waals surface area contributed by atoms with Crippen LogP contribution in [-0.4, -0.2) is 32.0 Å². The molecule has 0 saturated carbocycles. The van der Waals surface area contributed by atoms with Gasteiger partial charge >= 0.3 is 5.97 Å². The van der Waals surface area contributed by atoms with Crippen LogP contribution in [0.1, 0.15) is 29.3 Å². The van der Waals surface area contributed by atoms with Gasteiger partial charge in [-0.05, 0) is 41.9 Å². The second-order valence-electron chi connectivity index (χ2n) is 5.59. The molecule has 1 aromatic rings. The number of carbonyl (C=O) groups excluding carboxylic acids is 1. The number of benzene rings is 1. The molecule has 1 N–H and O–H groups in total. The van der Waals surface area contributed by atoms with Crippen LogP contribution in [0.15, 0.2) is 10.5 Å². The van der Waals surface area contributed by atoms with Gasteiger partial charge in [0.25, 0.3) is 5.79 Å². The fourth-order valence-electron chi connectivity index (χ4n) is 2.94. The zero-order valence-electron chi connectivity index (χ0n) is 12.3. The van der Waals surface area contributed by atoms with E-state index in [1.807, 2.05) is 13.8 Å². The Bertz CT molecular complexity index is 598. The second-order valence-corrected chi connectivity index (χ2v) is 6.44. The third-order valence-electron chi connectivity index (χ3n) is 4.26. The van der Waals surface area contributed by atoms with Crippen LogP contribution >= 0.6 is 15.9 Å². The van der Waals surface area contributed by atoms with Gasteiger partial charge in [0.1, 0.15) is 0 Å². The Hall–Kier alpha value is -1.27. The normalized spacial score (nSPS) is 27.0. The van der Waals surface area contributed by atoms with Gasteiger partial charge in [-0.25, -0.2) is 4.79 Å². The first kappa shape index (κ1) is 14.7. The molecule has 2 atom stereocenters. The van der Waals surface area contributed by atoms with Crippen molar-refractivity contribution in [2.45, 2.75) is 26.1 Å². The maximum atomic E-state index is 11.9. The molecule has 1 saturated heterocycles. The van der Waals surface area contributed by atoms with E-state index in [0.717, 1.165) is 25.1 Å². The number of carbonyl (C=O) groups is 1. The molecule has 2 unspecified atom stereocenters. The highest BCUT2D eigenvalue weighted by atomic mass is 79.9. The summed E-state index contributed by atoms with van der Waals surface area (Å²) < 4.78 is 17.7. The van der Waals surface area contributed by atoms with Crippen molar-refractivity contribution in [3.8, 4) is 11.5 Å². The Kier molecular flexibility index (Phi) is 3.61. The molecule has 0 aromatic heterocycles. The lowest BCUT2D eigenvalue weighted by atomic mass is 9.99. The molecule has 114 valence electrons. The zero-order chi connectivity index (χ0) is 15.2. The highest BCUT2D eigenvalue weighted by molar-refractivity contribution is 9.10. The van der Waals surface area contributed by atoms with E-state index in [1.54, 1.807) is 6.07 Å². The molecule has 21 heavy (non-hydrogen) atoms. The highest BCUT2D eigenvalue weighted by Crippen LogP contribution is 2.50. The predicted octanol–water partition coefficient (Wildman–Crippen LogP) is 2.64. The Morgan fingerprint density at radius 1 is 1.48 bits per heavy atom. The number of hydrogen-bond donors (Lipinski definition) is 1. The van der Waals surface area contributed by atoms with Crippen LogP contribution in [0, 0.1) is 12.8 Å². The van der Waals surface area contributed by atoms with Crippen LogP contribution in [0.4, 0.5) is 0 Å². The molecule has 6 heteroatoms. The molecule has 0 amide bonds. The molecular formula is C15H18BrNO4. The summed E-state index contributed by atoms with van der Waals surface area (Å²) in [6.07, 6.45) is 1.00. The monoisotopic (exact) mass is 355 g/mol. The number of hydrogen-bond acceptors (Lipinski definition) is 5. The standard InChI is InChI=1S/C15H18BrNO4/c1-8-10(14(18)19-3)6-11(16)13-12(8)20-15(2,21-13)9-4-5-17-7-9/h6,9,17H,4-5,7H2,1-3H3. The predicted molar refractivity (Wildman–Crippen MR) is 80.9 cm³/mol. The van der Waals surface area contributed by atoms with Crippen molar-refractivity contribution in [1.82, 2.24) is 5.32 Å². The summed E-state index contributed by atoms with van der Waals surface area (Å²) >= 11 is 3.46. The first-order chi connectivity index (χ1) is 9.96. The lowest BCUT2D eigenvalue weighted by Gasteiger charge is -2.29. The fraction of sp³-hybridized carbons (Fsp3) is 0.533. The van der Waals surface area contributed by atoms with Gasteiger partial charge < -0.3 is 19.5 Å². The van der Waals surface area contributed by atoms with E-state index in [2.05, 4.69) is 21.2 Å². The number of ether oxygens (including phenoxy) is 3. The summed E-state index contributed by atoms with van der Waals surface area (Å²) in [5.41, 5.74) is 1.23. The van der Waals surface area contributed by atoms with Crippen LogP contribution in [-0.2, 0) is 4.74 Å². The average Bonchev–Trinajstić information content (AvgIpc) is 3.10. The number of halogens is 1. The SMILES string of the molecule is COC(=O)c1cc(Br)c2c(c1C)OC(C)(C1CCNC1)O2. The smallest absolute Gasteiger partial charge is 0.338 e. The van der Waals surface area contributed by atoms with E-state index >= 15 is 0 Å². The van der Waals surface area contributed by atoms with Crippen LogP contribution in [0.3, 0.4) is 0 Å². The summed E-state index contributed by atoms with van der Waals surface area (Å²) in [4.78, 5) is 11.9. The summed E-state index contributed by atoms with van der Waals surface area (Å²) in [6, 6.07) is 1.72. The Morgan fingerprint density at radius 2 is 2.19 bits per heavy atom. The largest absolute Gasteiger partial charge is 0.465 e. The maximum Gasteiger partial charge on any atom is 0.338 e. The molecule has 2 aliphatic heterocycles. The Balaban J connectivity index is 2.01. The third-order valence-corrected chi connectivity index (χ3v) is 4.84. The molecule has 1 aromatic carbocycles. The Labute approximate surface area is 132 Å². The van der Waals surface area contributed by atoms with E-state index in [1.165, 1.54) is 7.11 Å². The first-order valence-electron chi connectivity index (χ1n) is 6.96. The molecule has 5 nitrogen and oxygen atoms in total. The minimum absolute atomic E-state index is 0.276. The van der Waals surface area contributed by atoms with Gasteiger partial charge in [0.15, 0.2) is 11.5 Å². The summed E-state index contributed by atoms with van der Waals surface area (Å²) in [5.74, 6) is 0.482. The molecule has 2 heterocycles. The molecule has 0 bridgehead atoms. The van der Waals surface area contributed by atoms with Crippen molar-refractivity contribution in [2.24, 2.45) is 5.92 Å². The van der Waals surface area contributed by atoms with Crippen molar-refractivity contribution in [3.05, 3.63) is 21.7 Å². The van der Waals surface area contributed by atoms with Gasteiger partial charge in [-0.2, -0.15) is 0 Å². The highest BCUT2D eigenvalue weighted by Gasteiger charge is 2.47. The van der Waals surface area contributed by atoms with Gasteiger partial charge in [0, 0.05) is 24.9 Å². The summed E-state index contributed by atoms with van der Waals surface area (Å²) in [5, 5.41) is 3.32. The number of nitrogens with one attached hydrogen (secondary N) is 1. The van der Waals surface area contributed by atoms with Crippen molar-refractivity contribution < 1.29 is 19.0 Å². The zero-order valence-corrected chi connectivity index (χ0v) is 13.9. The van der Waals surface area contributed by atoms with Gasteiger partial charge in [-0.3, -0.25) is 0 Å². The van der Waals surface area contributed by atoms with Gasteiger partial charge in [0.2, 0.25) is 0 Å². The maximum absolute atomic E-state index is 11.9. The van der Waals surface area contributed by atoms with Crippen LogP contribution < -0.4 is 14.8 Å². The summed E-state index contributed by atoms with van der Waals surface area (Å²) in [6.45, 7) is 5.63. The quantitative estimate of drug-likeness (QED) is 0.826. The van der Waals surface area contributed by atoms with Crippen LogP contribution in [0.5, 0.6) is 11.5 Å². The lowest BCUT2D eigenvalue weighted by molar-refractivity contribution is -0.104. The van der Waals surface area contributed by atoms with Crippen LogP contribution in [0.25, 0.3) is 0 Å². The van der Waals surface area contributed by atoms with Gasteiger partial charge in [-0.1, -0.05) is 0 Å². The van der Waals surface area contributed by atoms with E-state index < -0.39 is 5.79 Å². The fourth-order valence-corrected chi connectivity index (χ4v) is 3.43. The number of methoxy groups -OCH3 is 1. The first-order valence-corrected chi connectivity index (χ1v) is 7.75. The van der Waals surface area contributed by atoms with E-state index in [-0.39, 0.29) is 11.9 Å². The van der Waals surface area contributed by atoms with Crippen molar-refractivity contribution >= 4 is 21.9 Å².